The number of aryl methyl sites for hydroxylation is 1. The van der Waals surface area contributed by atoms with Crippen molar-refractivity contribution >= 4 is 11.3 Å². The highest BCUT2D eigenvalue weighted by Gasteiger charge is 2.41. The van der Waals surface area contributed by atoms with Gasteiger partial charge in [-0.05, 0) is 62.7 Å². The minimum absolute atomic E-state index is 0.289. The highest BCUT2D eigenvalue weighted by atomic mass is 32.1. The van der Waals surface area contributed by atoms with Crippen LogP contribution in [-0.2, 0) is 10.3 Å². The van der Waals surface area contributed by atoms with Gasteiger partial charge in [0.05, 0.1) is 5.54 Å². The van der Waals surface area contributed by atoms with Crippen LogP contribution >= 0.6 is 11.3 Å². The molecule has 2 aliphatic heterocycles. The molecule has 0 aromatic carbocycles. The number of nitrogens with zero attached hydrogens (tertiary/aromatic N) is 1. The van der Waals surface area contributed by atoms with E-state index in [9.17, 15) is 0 Å². The van der Waals surface area contributed by atoms with Crippen molar-refractivity contribution in [3.63, 3.8) is 0 Å². The first kappa shape index (κ1) is 12.6. The van der Waals surface area contributed by atoms with Gasteiger partial charge in [-0.15, -0.1) is 11.3 Å². The lowest BCUT2D eigenvalue weighted by Crippen LogP contribution is -2.51. The number of rotatable bonds is 2. The molecule has 0 atom stereocenters. The Balaban J connectivity index is 1.91. The van der Waals surface area contributed by atoms with E-state index >= 15 is 0 Å². The Morgan fingerprint density at radius 3 is 2.50 bits per heavy atom. The highest BCUT2D eigenvalue weighted by Crippen LogP contribution is 2.42. The van der Waals surface area contributed by atoms with Crippen molar-refractivity contribution in [2.24, 2.45) is 0 Å². The summed E-state index contributed by atoms with van der Waals surface area (Å²) in [6.45, 7) is 6.61. The van der Waals surface area contributed by atoms with Crippen molar-refractivity contribution in [2.75, 3.05) is 26.3 Å². The third kappa shape index (κ3) is 2.24. The molecule has 3 heterocycles. The van der Waals surface area contributed by atoms with Crippen LogP contribution in [0.15, 0.2) is 11.4 Å². The van der Waals surface area contributed by atoms with Gasteiger partial charge in [0.2, 0.25) is 0 Å². The van der Waals surface area contributed by atoms with Gasteiger partial charge in [0.25, 0.3) is 0 Å². The average molecular weight is 265 g/mol. The first-order valence-corrected chi connectivity index (χ1v) is 8.08. The van der Waals surface area contributed by atoms with Crippen LogP contribution in [0.3, 0.4) is 0 Å². The lowest BCUT2D eigenvalue weighted by atomic mass is 9.84. The first-order chi connectivity index (χ1) is 8.81. The molecule has 18 heavy (non-hydrogen) atoms. The quantitative estimate of drug-likeness (QED) is 0.811. The molecule has 2 aliphatic rings. The summed E-state index contributed by atoms with van der Waals surface area (Å²) < 4.78 is 5.62. The predicted molar refractivity (Wildman–Crippen MR) is 76.2 cm³/mol. The second kappa shape index (κ2) is 5.32. The molecule has 2 nitrogen and oxygen atoms in total. The van der Waals surface area contributed by atoms with Crippen molar-refractivity contribution in [1.82, 2.24) is 4.90 Å². The molecular weight excluding hydrogens is 242 g/mol. The van der Waals surface area contributed by atoms with E-state index in [1.807, 2.05) is 11.3 Å². The van der Waals surface area contributed by atoms with E-state index in [1.165, 1.54) is 50.8 Å². The van der Waals surface area contributed by atoms with Crippen LogP contribution in [0.5, 0.6) is 0 Å². The topological polar surface area (TPSA) is 12.5 Å². The molecule has 0 amide bonds. The molecule has 2 saturated heterocycles. The molecule has 0 spiro atoms. The van der Waals surface area contributed by atoms with Crippen molar-refractivity contribution in [2.45, 2.75) is 44.6 Å². The molecule has 0 N–H and O–H groups in total. The fourth-order valence-electron chi connectivity index (χ4n) is 3.42. The molecule has 0 radical (unpaired) electrons. The molecule has 2 fully saturated rings. The van der Waals surface area contributed by atoms with Gasteiger partial charge < -0.3 is 4.74 Å². The van der Waals surface area contributed by atoms with Crippen LogP contribution in [-0.4, -0.2) is 31.2 Å². The molecular formula is C15H23NOS. The Hall–Kier alpha value is -0.380. The average Bonchev–Trinajstić information content (AvgIpc) is 2.88. The fraction of sp³-hybridized carbons (Fsp3) is 0.733. The summed E-state index contributed by atoms with van der Waals surface area (Å²) >= 11 is 1.95. The van der Waals surface area contributed by atoms with E-state index in [1.54, 1.807) is 4.88 Å². The smallest absolute Gasteiger partial charge is 0.0597 e. The van der Waals surface area contributed by atoms with Crippen molar-refractivity contribution < 1.29 is 4.74 Å². The molecule has 0 saturated carbocycles. The van der Waals surface area contributed by atoms with Gasteiger partial charge >= 0.3 is 0 Å². The Morgan fingerprint density at radius 2 is 1.89 bits per heavy atom. The summed E-state index contributed by atoms with van der Waals surface area (Å²) in [7, 11) is 0. The largest absolute Gasteiger partial charge is 0.381 e. The predicted octanol–water partition coefficient (Wildman–Crippen LogP) is 3.55. The second-order valence-electron chi connectivity index (χ2n) is 5.68. The molecule has 0 aliphatic carbocycles. The van der Waals surface area contributed by atoms with Gasteiger partial charge in [-0.25, -0.2) is 0 Å². The highest BCUT2D eigenvalue weighted by molar-refractivity contribution is 7.10. The lowest BCUT2D eigenvalue weighted by molar-refractivity contribution is -0.0382. The van der Waals surface area contributed by atoms with Crippen LogP contribution in [0, 0.1) is 6.92 Å². The number of piperidine rings is 1. The summed E-state index contributed by atoms with van der Waals surface area (Å²) in [5.41, 5.74) is 1.70. The minimum atomic E-state index is 0.289. The van der Waals surface area contributed by atoms with Crippen molar-refractivity contribution in [3.05, 3.63) is 21.9 Å². The molecule has 0 unspecified atom stereocenters. The molecule has 3 rings (SSSR count). The van der Waals surface area contributed by atoms with E-state index in [0.717, 1.165) is 13.2 Å². The van der Waals surface area contributed by atoms with E-state index in [-0.39, 0.29) is 5.54 Å². The van der Waals surface area contributed by atoms with Crippen LogP contribution in [0.25, 0.3) is 0 Å². The Labute approximate surface area is 114 Å². The standard InChI is InChI=1S/C15H23NOS/c1-13-11-14(18-12-13)15(5-9-17-10-6-15)16-7-3-2-4-8-16/h11-12H,2-10H2,1H3. The Bertz CT molecular complexity index is 389. The SMILES string of the molecule is Cc1csc(C2(N3CCCCC3)CCOCC2)c1. The van der Waals surface area contributed by atoms with Gasteiger partial charge in [0.1, 0.15) is 0 Å². The number of hydrogen-bond donors (Lipinski definition) is 0. The monoisotopic (exact) mass is 265 g/mol. The van der Waals surface area contributed by atoms with E-state index < -0.39 is 0 Å². The van der Waals surface area contributed by atoms with Gasteiger partial charge in [-0.1, -0.05) is 6.42 Å². The van der Waals surface area contributed by atoms with Gasteiger partial charge in [0, 0.05) is 18.1 Å². The maximum Gasteiger partial charge on any atom is 0.0597 e. The number of thiophene rings is 1. The zero-order chi connectivity index (χ0) is 12.4. The number of hydrogen-bond acceptors (Lipinski definition) is 3. The third-order valence-electron chi connectivity index (χ3n) is 4.47. The van der Waals surface area contributed by atoms with Gasteiger partial charge in [-0.2, -0.15) is 0 Å². The maximum atomic E-state index is 5.62. The third-order valence-corrected chi connectivity index (χ3v) is 5.71. The first-order valence-electron chi connectivity index (χ1n) is 7.20. The lowest BCUT2D eigenvalue weighted by Gasteiger charge is -2.47. The summed E-state index contributed by atoms with van der Waals surface area (Å²) in [6.07, 6.45) is 6.49. The zero-order valence-corrected chi connectivity index (χ0v) is 12.1. The molecule has 1 aromatic rings. The zero-order valence-electron chi connectivity index (χ0n) is 11.3. The number of ether oxygens (including phenoxy) is 1. The van der Waals surface area contributed by atoms with E-state index in [4.69, 9.17) is 4.74 Å². The van der Waals surface area contributed by atoms with Crippen molar-refractivity contribution in [1.29, 1.82) is 0 Å². The summed E-state index contributed by atoms with van der Waals surface area (Å²) in [6, 6.07) is 2.41. The summed E-state index contributed by atoms with van der Waals surface area (Å²) in [5.74, 6) is 0. The van der Waals surface area contributed by atoms with Crippen LogP contribution in [0.4, 0.5) is 0 Å². The second-order valence-corrected chi connectivity index (χ2v) is 6.59. The summed E-state index contributed by atoms with van der Waals surface area (Å²) in [4.78, 5) is 4.33. The van der Waals surface area contributed by atoms with Crippen molar-refractivity contribution in [3.8, 4) is 0 Å². The molecule has 100 valence electrons. The summed E-state index contributed by atoms with van der Waals surface area (Å²) in [5, 5.41) is 2.30. The molecule has 0 bridgehead atoms. The molecule has 1 aromatic heterocycles. The Morgan fingerprint density at radius 1 is 1.17 bits per heavy atom. The fourth-order valence-corrected chi connectivity index (χ4v) is 4.61. The van der Waals surface area contributed by atoms with Crippen LogP contribution in [0.1, 0.15) is 42.5 Å². The van der Waals surface area contributed by atoms with E-state index in [2.05, 4.69) is 23.3 Å². The van der Waals surface area contributed by atoms with E-state index in [0.29, 0.717) is 0 Å². The maximum absolute atomic E-state index is 5.62. The van der Waals surface area contributed by atoms with Gasteiger partial charge in [-0.3, -0.25) is 4.90 Å². The Kier molecular flexibility index (Phi) is 3.73. The number of likely N-dealkylation sites (tertiary alicyclic amines) is 1. The van der Waals surface area contributed by atoms with Crippen LogP contribution < -0.4 is 0 Å². The van der Waals surface area contributed by atoms with Gasteiger partial charge in [0.15, 0.2) is 0 Å². The molecule has 3 heteroatoms. The normalized spacial score (nSPS) is 25.2. The minimum Gasteiger partial charge on any atom is -0.381 e. The van der Waals surface area contributed by atoms with Crippen LogP contribution in [0.2, 0.25) is 0 Å².